The van der Waals surface area contributed by atoms with E-state index in [4.69, 9.17) is 9.47 Å². The topological polar surface area (TPSA) is 102 Å². The van der Waals surface area contributed by atoms with Crippen LogP contribution in [0, 0.1) is 13.8 Å². The van der Waals surface area contributed by atoms with Gasteiger partial charge in [-0.2, -0.15) is 4.31 Å². The number of rotatable bonds is 6. The molecule has 3 rings (SSSR count). The lowest BCUT2D eigenvalue weighted by Crippen LogP contribution is -2.48. The number of nitrogens with one attached hydrogen (secondary N) is 1. The second-order valence-electron chi connectivity index (χ2n) is 7.77. The summed E-state index contributed by atoms with van der Waals surface area (Å²) in [5.41, 5.74) is 1.39. The molecule has 1 fully saturated rings. The number of aryl methyl sites for hydroxylation is 1. The van der Waals surface area contributed by atoms with Crippen LogP contribution >= 0.6 is 11.3 Å². The average molecular weight is 481 g/mol. The van der Waals surface area contributed by atoms with Crippen molar-refractivity contribution in [2.45, 2.75) is 51.7 Å². The lowest BCUT2D eigenvalue weighted by molar-refractivity contribution is -0.0440. The Labute approximate surface area is 192 Å². The van der Waals surface area contributed by atoms with Crippen LogP contribution in [0.1, 0.15) is 51.9 Å². The first-order valence-corrected chi connectivity index (χ1v) is 12.6. The number of carbonyl (C=O) groups excluding carboxylic acids is 2. The van der Waals surface area contributed by atoms with Gasteiger partial charge in [-0.25, -0.2) is 13.2 Å². The van der Waals surface area contributed by atoms with Crippen LogP contribution in [0.4, 0.5) is 5.00 Å². The van der Waals surface area contributed by atoms with E-state index in [0.717, 1.165) is 10.4 Å². The second-order valence-corrected chi connectivity index (χ2v) is 10.9. The number of anilines is 1. The summed E-state index contributed by atoms with van der Waals surface area (Å²) in [5, 5.41) is 3.18. The molecule has 1 aromatic heterocycles. The number of sulfonamides is 1. The lowest BCUT2D eigenvalue weighted by atomic mass is 10.1. The van der Waals surface area contributed by atoms with Crippen LogP contribution < -0.4 is 5.32 Å². The van der Waals surface area contributed by atoms with Gasteiger partial charge in [-0.3, -0.25) is 4.79 Å². The zero-order valence-electron chi connectivity index (χ0n) is 18.8. The molecule has 2 heterocycles. The fourth-order valence-electron chi connectivity index (χ4n) is 3.59. The van der Waals surface area contributed by atoms with Crippen molar-refractivity contribution in [1.82, 2.24) is 4.31 Å². The summed E-state index contributed by atoms with van der Waals surface area (Å²) in [5.74, 6) is -0.922. The number of hydrogen-bond donors (Lipinski definition) is 1. The highest BCUT2D eigenvalue weighted by atomic mass is 32.2. The highest BCUT2D eigenvalue weighted by Crippen LogP contribution is 2.33. The van der Waals surface area contributed by atoms with E-state index < -0.39 is 21.9 Å². The molecule has 1 aromatic carbocycles. The fraction of sp³-hybridized carbons (Fsp3) is 0.455. The zero-order valence-corrected chi connectivity index (χ0v) is 20.4. The molecule has 1 amide bonds. The number of amides is 1. The van der Waals surface area contributed by atoms with Gasteiger partial charge >= 0.3 is 5.97 Å². The average Bonchev–Trinajstić information content (AvgIpc) is 3.00. The number of carbonyl (C=O) groups is 2. The number of ether oxygens (including phenoxy) is 2. The summed E-state index contributed by atoms with van der Waals surface area (Å²) < 4.78 is 38.1. The molecule has 2 atom stereocenters. The van der Waals surface area contributed by atoms with E-state index in [1.54, 1.807) is 13.8 Å². The standard InChI is InChI=1S/C22H28N2O6S2/c1-6-29-22(26)19-15(4)16(5)31-21(19)23-20(25)17-7-9-18(10-8-17)32(27,28)24-11-13(2)30-14(3)12-24/h7-10,13-14H,6,11-12H2,1-5H3,(H,23,25). The van der Waals surface area contributed by atoms with Crippen LogP contribution in [0.3, 0.4) is 0 Å². The summed E-state index contributed by atoms with van der Waals surface area (Å²) in [6.45, 7) is 9.86. The third-order valence-electron chi connectivity index (χ3n) is 5.23. The Morgan fingerprint density at radius 3 is 2.31 bits per heavy atom. The second kappa shape index (κ2) is 9.70. The molecule has 1 aliphatic heterocycles. The van der Waals surface area contributed by atoms with E-state index in [1.807, 2.05) is 20.8 Å². The van der Waals surface area contributed by atoms with Crippen molar-refractivity contribution in [2.24, 2.45) is 0 Å². The Morgan fingerprint density at radius 2 is 1.75 bits per heavy atom. The molecule has 1 aliphatic rings. The van der Waals surface area contributed by atoms with Crippen molar-refractivity contribution in [2.75, 3.05) is 25.0 Å². The number of thiophene rings is 1. The summed E-state index contributed by atoms with van der Waals surface area (Å²) in [6.07, 6.45) is -0.380. The summed E-state index contributed by atoms with van der Waals surface area (Å²) in [6, 6.07) is 5.78. The molecule has 2 aromatic rings. The van der Waals surface area contributed by atoms with E-state index in [2.05, 4.69) is 5.32 Å². The van der Waals surface area contributed by atoms with Crippen molar-refractivity contribution in [3.05, 3.63) is 45.8 Å². The molecule has 0 aliphatic carbocycles. The maximum atomic E-state index is 13.0. The van der Waals surface area contributed by atoms with Crippen molar-refractivity contribution >= 4 is 38.2 Å². The van der Waals surface area contributed by atoms with Gasteiger partial charge in [-0.05, 0) is 64.4 Å². The van der Waals surface area contributed by atoms with Crippen LogP contribution in [0.2, 0.25) is 0 Å². The molecular formula is C22H28N2O6S2. The van der Waals surface area contributed by atoms with Crippen molar-refractivity contribution in [3.8, 4) is 0 Å². The SMILES string of the molecule is CCOC(=O)c1c(NC(=O)c2ccc(S(=O)(=O)N3CC(C)OC(C)C3)cc2)sc(C)c1C. The third-order valence-corrected chi connectivity index (χ3v) is 8.20. The number of esters is 1. The number of hydrogen-bond acceptors (Lipinski definition) is 7. The maximum absolute atomic E-state index is 13.0. The van der Waals surface area contributed by atoms with E-state index in [9.17, 15) is 18.0 Å². The van der Waals surface area contributed by atoms with Crippen molar-refractivity contribution < 1.29 is 27.5 Å². The van der Waals surface area contributed by atoms with Crippen LogP contribution in [-0.4, -0.2) is 56.5 Å². The van der Waals surface area contributed by atoms with Gasteiger partial charge in [0.15, 0.2) is 0 Å². The molecule has 0 radical (unpaired) electrons. The minimum atomic E-state index is -3.69. The maximum Gasteiger partial charge on any atom is 0.341 e. The Bertz CT molecular complexity index is 1100. The Balaban J connectivity index is 1.79. The van der Waals surface area contributed by atoms with Gasteiger partial charge in [0.2, 0.25) is 10.0 Å². The first-order valence-electron chi connectivity index (χ1n) is 10.4. The van der Waals surface area contributed by atoms with E-state index in [0.29, 0.717) is 10.6 Å². The highest BCUT2D eigenvalue weighted by molar-refractivity contribution is 7.89. The number of nitrogens with zero attached hydrogens (tertiary/aromatic N) is 1. The molecule has 0 bridgehead atoms. The van der Waals surface area contributed by atoms with Crippen LogP contribution in [0.15, 0.2) is 29.2 Å². The van der Waals surface area contributed by atoms with E-state index >= 15 is 0 Å². The molecular weight excluding hydrogens is 452 g/mol. The molecule has 1 saturated heterocycles. The monoisotopic (exact) mass is 480 g/mol. The minimum absolute atomic E-state index is 0.116. The number of benzene rings is 1. The predicted octanol–water partition coefficient (Wildman–Crippen LogP) is 3.59. The zero-order chi connectivity index (χ0) is 23.6. The molecule has 174 valence electrons. The molecule has 8 nitrogen and oxygen atoms in total. The molecule has 0 saturated carbocycles. The van der Waals surface area contributed by atoms with Crippen molar-refractivity contribution in [3.63, 3.8) is 0 Å². The minimum Gasteiger partial charge on any atom is -0.462 e. The Morgan fingerprint density at radius 1 is 1.16 bits per heavy atom. The molecule has 0 spiro atoms. The van der Waals surface area contributed by atoms with Gasteiger partial charge < -0.3 is 14.8 Å². The van der Waals surface area contributed by atoms with E-state index in [-0.39, 0.29) is 42.4 Å². The normalized spacial score (nSPS) is 19.5. The quantitative estimate of drug-likeness (QED) is 0.634. The van der Waals surface area contributed by atoms with Gasteiger partial charge in [0, 0.05) is 23.5 Å². The largest absolute Gasteiger partial charge is 0.462 e. The lowest BCUT2D eigenvalue weighted by Gasteiger charge is -2.34. The van der Waals surface area contributed by atoms with Gasteiger partial charge in [-0.15, -0.1) is 11.3 Å². The van der Waals surface area contributed by atoms with Crippen LogP contribution in [0.5, 0.6) is 0 Å². The van der Waals surface area contributed by atoms with Crippen molar-refractivity contribution in [1.29, 1.82) is 0 Å². The first kappa shape index (κ1) is 24.4. The first-order chi connectivity index (χ1) is 15.0. The summed E-state index contributed by atoms with van der Waals surface area (Å²) >= 11 is 1.30. The van der Waals surface area contributed by atoms with Gasteiger partial charge in [-0.1, -0.05) is 0 Å². The van der Waals surface area contributed by atoms with Gasteiger partial charge in [0.1, 0.15) is 5.00 Å². The van der Waals surface area contributed by atoms with E-state index in [1.165, 1.54) is 39.9 Å². The molecule has 10 heteroatoms. The van der Waals surface area contributed by atoms with Gasteiger partial charge in [0.25, 0.3) is 5.91 Å². The number of morpholine rings is 1. The molecule has 1 N–H and O–H groups in total. The Hall–Kier alpha value is -2.27. The summed E-state index contributed by atoms with van der Waals surface area (Å²) in [4.78, 5) is 26.1. The fourth-order valence-corrected chi connectivity index (χ4v) is 6.23. The Kier molecular flexibility index (Phi) is 7.39. The molecule has 2 unspecified atom stereocenters. The smallest absolute Gasteiger partial charge is 0.341 e. The van der Waals surface area contributed by atoms with Crippen LogP contribution in [-0.2, 0) is 19.5 Å². The molecule has 32 heavy (non-hydrogen) atoms. The predicted molar refractivity (Wildman–Crippen MR) is 123 cm³/mol. The summed E-state index contributed by atoms with van der Waals surface area (Å²) in [7, 11) is -3.69. The third kappa shape index (κ3) is 5.03. The van der Waals surface area contributed by atoms with Crippen LogP contribution in [0.25, 0.3) is 0 Å². The van der Waals surface area contributed by atoms with Gasteiger partial charge in [0.05, 0.1) is 29.3 Å². The highest BCUT2D eigenvalue weighted by Gasteiger charge is 2.32.